The molecule has 4 rings (SSSR count). The molecule has 0 aromatic heterocycles. The molecule has 4 aliphatic rings. The first-order chi connectivity index (χ1) is 10.2. The van der Waals surface area contributed by atoms with Crippen LogP contribution >= 0.6 is 11.6 Å². The number of nitrogens with two attached hydrogens (primary N) is 1. The molecule has 3 heterocycles. The molecule has 2 N–H and O–H groups in total. The number of rotatable bonds is 4. The zero-order valence-corrected chi connectivity index (χ0v) is 12.6. The number of halogens is 1. The lowest BCUT2D eigenvalue weighted by atomic mass is 10.0. The average Bonchev–Trinajstić information content (AvgIpc) is 3.30. The van der Waals surface area contributed by atoms with E-state index in [0.29, 0.717) is 29.5 Å². The lowest BCUT2D eigenvalue weighted by molar-refractivity contribution is -0.117. The predicted octanol–water partition coefficient (Wildman–Crippen LogP) is -0.636. The zero-order chi connectivity index (χ0) is 15.0. The Balaban J connectivity index is 0.000000298. The van der Waals surface area contributed by atoms with Crippen molar-refractivity contribution >= 4 is 23.2 Å². The van der Waals surface area contributed by atoms with Crippen molar-refractivity contribution in [1.29, 1.82) is 0 Å². The van der Waals surface area contributed by atoms with Gasteiger partial charge in [-0.15, -0.1) is 11.6 Å². The summed E-state index contributed by atoms with van der Waals surface area (Å²) in [5.74, 6) is 0.618. The molecule has 114 valence electrons. The summed E-state index contributed by atoms with van der Waals surface area (Å²) in [4.78, 5) is 30.5. The number of carbonyl (C=O) groups is 2. The van der Waals surface area contributed by atoms with Gasteiger partial charge in [-0.2, -0.15) is 0 Å². The van der Waals surface area contributed by atoms with Crippen LogP contribution in [-0.2, 0) is 9.59 Å². The van der Waals surface area contributed by atoms with Crippen LogP contribution in [0.4, 0.5) is 0 Å². The highest BCUT2D eigenvalue weighted by atomic mass is 35.5. The summed E-state index contributed by atoms with van der Waals surface area (Å²) in [5.41, 5.74) is 6.78. The van der Waals surface area contributed by atoms with Gasteiger partial charge in [0.15, 0.2) is 0 Å². The van der Waals surface area contributed by atoms with Crippen LogP contribution in [0.2, 0.25) is 0 Å². The Kier molecular flexibility index (Phi) is 3.91. The molecular weight excluding hydrogens is 292 g/mol. The maximum absolute atomic E-state index is 12.4. The van der Waals surface area contributed by atoms with Gasteiger partial charge >= 0.3 is 0 Å². The topological polar surface area (TPSA) is 69.2 Å². The van der Waals surface area contributed by atoms with Crippen molar-refractivity contribution in [3.05, 3.63) is 23.2 Å². The number of carbonyl (C=O) groups excluding carboxylic acids is 2. The normalized spacial score (nSPS) is 23.0. The molecule has 21 heavy (non-hydrogen) atoms. The molecule has 6 nitrogen and oxygen atoms in total. The first-order valence-electron chi connectivity index (χ1n) is 7.23. The van der Waals surface area contributed by atoms with Gasteiger partial charge in [0, 0.05) is 57.8 Å². The minimum Gasteiger partial charge on any atom is -0.365 e. The molecule has 3 saturated heterocycles. The number of nitrogens with zero attached hydrogens (tertiary/aromatic N) is 3. The SMILES string of the molecule is NCCCl.O=C1C=C(N2CC2)C(=O)C(N2CC2)=C1N1CC1. The van der Waals surface area contributed by atoms with Crippen LogP contribution < -0.4 is 5.73 Å². The zero-order valence-electron chi connectivity index (χ0n) is 11.8. The van der Waals surface area contributed by atoms with E-state index < -0.39 is 0 Å². The number of alkyl halides is 1. The van der Waals surface area contributed by atoms with Crippen LogP contribution in [0.1, 0.15) is 0 Å². The third-order valence-corrected chi connectivity index (χ3v) is 3.82. The summed E-state index contributed by atoms with van der Waals surface area (Å²) in [7, 11) is 0. The lowest BCUT2D eigenvalue weighted by Gasteiger charge is -2.21. The van der Waals surface area contributed by atoms with Crippen LogP contribution in [-0.4, -0.2) is 78.0 Å². The van der Waals surface area contributed by atoms with E-state index in [1.54, 1.807) is 0 Å². The smallest absolute Gasteiger partial charge is 0.227 e. The number of Topliss-reactive ketones (excluding diaryl/α,β-unsaturated/α-hetero) is 1. The van der Waals surface area contributed by atoms with Crippen molar-refractivity contribution in [1.82, 2.24) is 14.7 Å². The number of hydrogen-bond donors (Lipinski definition) is 1. The van der Waals surface area contributed by atoms with Crippen molar-refractivity contribution in [3.8, 4) is 0 Å². The quantitative estimate of drug-likeness (QED) is 0.423. The molecule has 0 saturated carbocycles. The van der Waals surface area contributed by atoms with Gasteiger partial charge in [-0.25, -0.2) is 0 Å². The third-order valence-electron chi connectivity index (χ3n) is 3.60. The van der Waals surface area contributed by atoms with E-state index in [0.717, 1.165) is 39.3 Å². The van der Waals surface area contributed by atoms with Gasteiger partial charge in [-0.05, 0) is 0 Å². The van der Waals surface area contributed by atoms with E-state index in [2.05, 4.69) is 0 Å². The minimum absolute atomic E-state index is 0.00546. The van der Waals surface area contributed by atoms with Crippen molar-refractivity contribution in [2.24, 2.45) is 5.73 Å². The monoisotopic (exact) mass is 310 g/mol. The Hall–Kier alpha value is -1.53. The third kappa shape index (κ3) is 3.06. The van der Waals surface area contributed by atoms with E-state index >= 15 is 0 Å². The molecule has 1 aliphatic carbocycles. The van der Waals surface area contributed by atoms with Crippen molar-refractivity contribution in [3.63, 3.8) is 0 Å². The highest BCUT2D eigenvalue weighted by Gasteiger charge is 2.43. The first-order valence-corrected chi connectivity index (χ1v) is 7.76. The van der Waals surface area contributed by atoms with Gasteiger partial charge < -0.3 is 20.4 Å². The Morgan fingerprint density at radius 3 is 1.86 bits per heavy atom. The van der Waals surface area contributed by atoms with Crippen LogP contribution in [0.15, 0.2) is 23.2 Å². The fourth-order valence-corrected chi connectivity index (χ4v) is 2.28. The predicted molar refractivity (Wildman–Crippen MR) is 79.6 cm³/mol. The highest BCUT2D eigenvalue weighted by Crippen LogP contribution is 2.33. The first kappa shape index (κ1) is 14.4. The largest absolute Gasteiger partial charge is 0.365 e. The lowest BCUT2D eigenvalue weighted by Crippen LogP contribution is -2.29. The molecule has 0 bridgehead atoms. The van der Waals surface area contributed by atoms with Crippen molar-refractivity contribution < 1.29 is 9.59 Å². The average molecular weight is 311 g/mol. The van der Waals surface area contributed by atoms with Gasteiger partial charge in [-0.3, -0.25) is 9.59 Å². The summed E-state index contributed by atoms with van der Waals surface area (Å²) in [6.07, 6.45) is 1.52. The van der Waals surface area contributed by atoms with Gasteiger partial charge in [-0.1, -0.05) is 0 Å². The van der Waals surface area contributed by atoms with Crippen LogP contribution in [0.5, 0.6) is 0 Å². The summed E-state index contributed by atoms with van der Waals surface area (Å²) in [5, 5.41) is 0. The van der Waals surface area contributed by atoms with E-state index in [-0.39, 0.29) is 11.6 Å². The van der Waals surface area contributed by atoms with E-state index in [1.807, 2.05) is 14.7 Å². The van der Waals surface area contributed by atoms with Gasteiger partial charge in [0.2, 0.25) is 11.6 Å². The second-order valence-electron chi connectivity index (χ2n) is 5.36. The maximum atomic E-state index is 12.4. The summed E-state index contributed by atoms with van der Waals surface area (Å²) < 4.78 is 0. The molecule has 3 fully saturated rings. The highest BCUT2D eigenvalue weighted by molar-refractivity contribution is 6.22. The molecule has 0 amide bonds. The molecule has 0 aromatic rings. The van der Waals surface area contributed by atoms with E-state index in [4.69, 9.17) is 17.3 Å². The molecular formula is C14H19ClN4O2. The molecule has 7 heteroatoms. The standard InChI is InChI=1S/C12H13N3O2.C2H6ClN/c16-9-7-8(13-1-2-13)12(17)11(15-5-6-15)10(9)14-3-4-14;3-1-2-4/h7H,1-6H2;1-2,4H2. The second-order valence-corrected chi connectivity index (χ2v) is 5.74. The minimum atomic E-state index is 0.00546. The van der Waals surface area contributed by atoms with Gasteiger partial charge in [0.05, 0.1) is 5.70 Å². The van der Waals surface area contributed by atoms with Crippen molar-refractivity contribution in [2.75, 3.05) is 51.7 Å². The molecule has 0 aromatic carbocycles. The Bertz CT molecular complexity index is 529. The maximum Gasteiger partial charge on any atom is 0.227 e. The van der Waals surface area contributed by atoms with Crippen LogP contribution in [0, 0.1) is 0 Å². The van der Waals surface area contributed by atoms with Crippen LogP contribution in [0.25, 0.3) is 0 Å². The Labute approximate surface area is 128 Å². The Morgan fingerprint density at radius 2 is 1.43 bits per heavy atom. The van der Waals surface area contributed by atoms with E-state index in [9.17, 15) is 9.59 Å². The molecule has 3 aliphatic heterocycles. The molecule has 0 unspecified atom stereocenters. The van der Waals surface area contributed by atoms with Crippen LogP contribution in [0.3, 0.4) is 0 Å². The Morgan fingerprint density at radius 1 is 0.952 bits per heavy atom. The fourth-order valence-electron chi connectivity index (χ4n) is 2.28. The van der Waals surface area contributed by atoms with Crippen molar-refractivity contribution in [2.45, 2.75) is 0 Å². The van der Waals surface area contributed by atoms with Gasteiger partial charge in [0.25, 0.3) is 0 Å². The summed E-state index contributed by atoms with van der Waals surface area (Å²) in [6.45, 7) is 5.99. The second kappa shape index (κ2) is 5.69. The number of hydrogen-bond acceptors (Lipinski definition) is 6. The number of ketones is 2. The molecule has 0 atom stereocenters. The molecule has 0 radical (unpaired) electrons. The molecule has 0 spiro atoms. The summed E-state index contributed by atoms with van der Waals surface area (Å²) in [6, 6.07) is 0. The van der Waals surface area contributed by atoms with Gasteiger partial charge in [0.1, 0.15) is 11.4 Å². The van der Waals surface area contributed by atoms with E-state index in [1.165, 1.54) is 6.08 Å². The number of allylic oxidation sites excluding steroid dienone is 1. The summed E-state index contributed by atoms with van der Waals surface area (Å²) >= 11 is 5.06. The fraction of sp³-hybridized carbons (Fsp3) is 0.571.